The molecule has 1 fully saturated rings. The fourth-order valence-corrected chi connectivity index (χ4v) is 7.29. The van der Waals surface area contributed by atoms with E-state index >= 15 is 0 Å². The molecule has 4 N–H and O–H groups in total. The van der Waals surface area contributed by atoms with Gasteiger partial charge in [-0.2, -0.15) is 0 Å². The Labute approximate surface area is 240 Å². The molecule has 0 saturated heterocycles. The van der Waals surface area contributed by atoms with Gasteiger partial charge in [-0.05, 0) is 61.3 Å². The minimum Gasteiger partial charge on any atom is -0.507 e. The van der Waals surface area contributed by atoms with Crippen LogP contribution < -0.4 is 10.5 Å². The molecule has 3 aromatic carbocycles. The molecule has 3 aliphatic carbocycles. The number of aliphatic hydroxyl groups is 1. The third-order valence-electron chi connectivity index (χ3n) is 9.19. The number of benzene rings is 3. The van der Waals surface area contributed by atoms with E-state index in [2.05, 4.69) is 5.16 Å². The number of phenolic OH excluding ortho intramolecular Hbond substituents is 1. The van der Waals surface area contributed by atoms with Gasteiger partial charge in [-0.1, -0.05) is 42.5 Å². The molecule has 0 amide bonds. The molecule has 1 unspecified atom stereocenters. The van der Waals surface area contributed by atoms with E-state index in [4.69, 9.17) is 15.0 Å². The predicted octanol–water partition coefficient (Wildman–Crippen LogP) is 3.49. The molecular formula is C32H29N3O7. The number of nitrogens with zero attached hydrogens (tertiary/aromatic N) is 2. The number of nitrogen functional groups attached to an aromatic ring is 1. The highest BCUT2D eigenvalue weighted by molar-refractivity contribution is 6.27. The van der Waals surface area contributed by atoms with Gasteiger partial charge in [-0.3, -0.25) is 19.3 Å². The number of phenols is 1. The molecule has 42 heavy (non-hydrogen) atoms. The summed E-state index contributed by atoms with van der Waals surface area (Å²) >= 11 is 0. The maximum atomic E-state index is 14.3. The third-order valence-corrected chi connectivity index (χ3v) is 9.19. The molecule has 0 radical (unpaired) electrons. The number of aromatic nitrogens is 1. The van der Waals surface area contributed by atoms with Crippen LogP contribution in [0.1, 0.15) is 50.1 Å². The first-order chi connectivity index (χ1) is 20.1. The van der Waals surface area contributed by atoms with Crippen LogP contribution in [-0.2, 0) is 17.8 Å². The van der Waals surface area contributed by atoms with E-state index < -0.39 is 46.7 Å². The quantitative estimate of drug-likeness (QED) is 0.246. The summed E-state index contributed by atoms with van der Waals surface area (Å²) in [6.45, 7) is 0.0905. The monoisotopic (exact) mass is 567 g/mol. The molecule has 1 heterocycles. The molecule has 4 aromatic rings. The molecule has 214 valence electrons. The van der Waals surface area contributed by atoms with E-state index in [9.17, 15) is 24.6 Å². The van der Waals surface area contributed by atoms with E-state index in [0.29, 0.717) is 28.4 Å². The van der Waals surface area contributed by atoms with E-state index in [1.807, 2.05) is 30.3 Å². The van der Waals surface area contributed by atoms with Crippen LogP contribution in [0.3, 0.4) is 0 Å². The largest absolute Gasteiger partial charge is 0.507 e. The highest BCUT2D eigenvalue weighted by Gasteiger charge is 2.67. The average molecular weight is 568 g/mol. The third kappa shape index (κ3) is 3.51. The lowest BCUT2D eigenvalue weighted by atomic mass is 9.54. The summed E-state index contributed by atoms with van der Waals surface area (Å²) in [5, 5.41) is 28.3. The van der Waals surface area contributed by atoms with Crippen molar-refractivity contribution in [2.45, 2.75) is 31.1 Å². The van der Waals surface area contributed by atoms with Crippen LogP contribution in [0.5, 0.6) is 11.6 Å². The zero-order valence-electron chi connectivity index (χ0n) is 23.0. The Morgan fingerprint density at radius 2 is 1.83 bits per heavy atom. The lowest BCUT2D eigenvalue weighted by Crippen LogP contribution is -2.66. The lowest BCUT2D eigenvalue weighted by molar-refractivity contribution is -0.153. The first-order valence-corrected chi connectivity index (χ1v) is 13.8. The number of fused-ring (bicyclic) bond motifs is 5. The van der Waals surface area contributed by atoms with Gasteiger partial charge in [0.25, 0.3) is 5.88 Å². The van der Waals surface area contributed by atoms with Crippen LogP contribution in [0.25, 0.3) is 10.8 Å². The normalized spacial score (nSPS) is 26.5. The van der Waals surface area contributed by atoms with E-state index in [1.54, 1.807) is 43.3 Å². The number of hydrogen-bond donors (Lipinski definition) is 3. The summed E-state index contributed by atoms with van der Waals surface area (Å²) in [5.41, 5.74) is 5.48. The minimum absolute atomic E-state index is 0.0368. The smallest absolute Gasteiger partial charge is 0.265 e. The van der Waals surface area contributed by atoms with Crippen LogP contribution in [0.4, 0.5) is 5.69 Å². The number of Topliss-reactive ketones (excluding diaryl/α,β-unsaturated/α-hetero) is 3. The average Bonchev–Trinajstić information content (AvgIpc) is 3.38. The summed E-state index contributed by atoms with van der Waals surface area (Å²) in [4.78, 5) is 44.1. The number of carbonyl (C=O) groups excluding carboxylic acids is 3. The second-order valence-corrected chi connectivity index (χ2v) is 11.7. The topological polar surface area (TPSA) is 156 Å². The van der Waals surface area contributed by atoms with Crippen molar-refractivity contribution in [2.75, 3.05) is 19.8 Å². The first kappa shape index (κ1) is 26.4. The van der Waals surface area contributed by atoms with Crippen LogP contribution in [0.15, 0.2) is 59.1 Å². The van der Waals surface area contributed by atoms with Gasteiger partial charge in [0, 0.05) is 22.4 Å². The highest BCUT2D eigenvalue weighted by atomic mass is 16.5. The van der Waals surface area contributed by atoms with Gasteiger partial charge in [-0.15, -0.1) is 0 Å². The number of aromatic hydroxyl groups is 1. The Balaban J connectivity index is 1.31. The number of rotatable bonds is 4. The summed E-state index contributed by atoms with van der Waals surface area (Å²) < 4.78 is 11.5. The van der Waals surface area contributed by atoms with Gasteiger partial charge >= 0.3 is 0 Å². The van der Waals surface area contributed by atoms with Gasteiger partial charge in [-0.25, -0.2) is 0 Å². The van der Waals surface area contributed by atoms with Gasteiger partial charge in [0.2, 0.25) is 5.78 Å². The SMILES string of the molecule is CN(C)[C@@H]1c2onc(OCc3ccccc3)c2C(=O)[C@@]2(O)C(=O)C3C(=O)c4c(cc5c(N)cccc5c4O)C[C@H]3C[C@@H]12. The van der Waals surface area contributed by atoms with Crippen LogP contribution in [-0.4, -0.2) is 57.3 Å². The van der Waals surface area contributed by atoms with Gasteiger partial charge < -0.3 is 25.2 Å². The predicted molar refractivity (Wildman–Crippen MR) is 151 cm³/mol. The van der Waals surface area contributed by atoms with Gasteiger partial charge in [0.1, 0.15) is 17.9 Å². The number of anilines is 1. The number of ketones is 3. The number of ether oxygens (including phenoxy) is 1. The minimum atomic E-state index is -2.51. The highest BCUT2D eigenvalue weighted by Crippen LogP contribution is 2.55. The fraction of sp³-hybridized carbons (Fsp3) is 0.312. The van der Waals surface area contributed by atoms with Crippen LogP contribution in [0.2, 0.25) is 0 Å². The second kappa shape index (κ2) is 9.23. The number of nitrogens with two attached hydrogens (primary N) is 1. The molecule has 0 aliphatic heterocycles. The molecule has 1 saturated carbocycles. The maximum absolute atomic E-state index is 14.3. The van der Waals surface area contributed by atoms with Crippen molar-refractivity contribution in [3.63, 3.8) is 0 Å². The van der Waals surface area contributed by atoms with Crippen molar-refractivity contribution in [3.8, 4) is 11.6 Å². The van der Waals surface area contributed by atoms with Crippen LogP contribution >= 0.6 is 0 Å². The van der Waals surface area contributed by atoms with Gasteiger partial charge in [0.05, 0.1) is 17.5 Å². The Hall–Kier alpha value is -4.54. The Morgan fingerprint density at radius 1 is 1.07 bits per heavy atom. The molecular weight excluding hydrogens is 538 g/mol. The fourth-order valence-electron chi connectivity index (χ4n) is 7.29. The molecule has 3 aliphatic rings. The second-order valence-electron chi connectivity index (χ2n) is 11.7. The Bertz CT molecular complexity index is 1800. The van der Waals surface area contributed by atoms with Crippen LogP contribution in [0, 0.1) is 17.8 Å². The summed E-state index contributed by atoms with van der Waals surface area (Å²) in [6, 6.07) is 15.4. The van der Waals surface area contributed by atoms with Crippen molar-refractivity contribution in [2.24, 2.45) is 17.8 Å². The van der Waals surface area contributed by atoms with E-state index in [1.165, 1.54) is 0 Å². The van der Waals surface area contributed by atoms with E-state index in [-0.39, 0.29) is 41.5 Å². The summed E-state index contributed by atoms with van der Waals surface area (Å²) in [7, 11) is 3.53. The molecule has 10 heteroatoms. The summed E-state index contributed by atoms with van der Waals surface area (Å²) in [5.74, 6) is -5.22. The molecule has 7 rings (SSSR count). The number of carbonyl (C=O) groups is 3. The van der Waals surface area contributed by atoms with Crippen molar-refractivity contribution in [1.82, 2.24) is 10.1 Å². The van der Waals surface area contributed by atoms with Crippen molar-refractivity contribution in [1.29, 1.82) is 0 Å². The van der Waals surface area contributed by atoms with E-state index in [0.717, 1.165) is 5.56 Å². The molecule has 0 bridgehead atoms. The maximum Gasteiger partial charge on any atom is 0.265 e. The lowest BCUT2D eigenvalue weighted by Gasteiger charge is -2.50. The Morgan fingerprint density at radius 3 is 2.57 bits per heavy atom. The van der Waals surface area contributed by atoms with Gasteiger partial charge in [0.15, 0.2) is 22.9 Å². The number of hydrogen-bond acceptors (Lipinski definition) is 10. The zero-order chi connectivity index (χ0) is 29.5. The van der Waals surface area contributed by atoms with Crippen molar-refractivity contribution >= 4 is 33.8 Å². The molecule has 10 nitrogen and oxygen atoms in total. The standard InChI is InChI=1S/C32H29N3O7/c1-35(2)25-20-13-17-11-16-12-19-18(9-6-10-21(19)33)26(36)22(16)27(37)23(17)29(38)32(20,40)30(39)24-28(25)42-34-31(24)41-14-15-7-4-3-5-8-15/h3-10,12,17,20,23,25,36,40H,11,13-14,33H2,1-2H3/t17-,20-,23?,25-,32-/m0/s1. The Kier molecular flexibility index (Phi) is 5.80. The molecule has 1 aromatic heterocycles. The molecule has 0 spiro atoms. The van der Waals surface area contributed by atoms with Crippen molar-refractivity contribution < 1.29 is 33.9 Å². The molecule has 5 atom stereocenters. The zero-order valence-corrected chi connectivity index (χ0v) is 23.0. The van der Waals surface area contributed by atoms with Crippen molar-refractivity contribution in [3.05, 3.63) is 82.6 Å². The first-order valence-electron chi connectivity index (χ1n) is 13.8. The summed E-state index contributed by atoms with van der Waals surface area (Å²) in [6.07, 6.45) is 0.487.